The van der Waals surface area contributed by atoms with Gasteiger partial charge in [0.25, 0.3) is 0 Å². The lowest BCUT2D eigenvalue weighted by Gasteiger charge is -2.14. The zero-order valence-corrected chi connectivity index (χ0v) is 7.79. The minimum absolute atomic E-state index is 0.210. The van der Waals surface area contributed by atoms with E-state index in [1.54, 1.807) is 4.90 Å². The van der Waals surface area contributed by atoms with Gasteiger partial charge in [-0.05, 0) is 31.6 Å². The lowest BCUT2D eigenvalue weighted by atomic mass is 10.4. The fourth-order valence-electron chi connectivity index (χ4n) is 1.51. The van der Waals surface area contributed by atoms with Crippen molar-refractivity contribution in [3.8, 4) is 0 Å². The minimum atomic E-state index is -0.210. The van der Waals surface area contributed by atoms with Crippen molar-refractivity contribution in [3.05, 3.63) is 0 Å². The van der Waals surface area contributed by atoms with Crippen LogP contribution in [0.3, 0.4) is 0 Å². The van der Waals surface area contributed by atoms with E-state index in [-0.39, 0.29) is 6.09 Å². The van der Waals surface area contributed by atoms with Gasteiger partial charge in [-0.15, -0.1) is 0 Å². The second kappa shape index (κ2) is 3.96. The molecule has 74 valence electrons. The van der Waals surface area contributed by atoms with E-state index in [0.29, 0.717) is 0 Å². The van der Waals surface area contributed by atoms with Gasteiger partial charge in [0.05, 0.1) is 0 Å². The topological polar surface area (TPSA) is 41.6 Å². The molecule has 0 radical (unpaired) electrons. The van der Waals surface area contributed by atoms with E-state index in [9.17, 15) is 4.79 Å². The van der Waals surface area contributed by atoms with Crippen molar-refractivity contribution in [3.63, 3.8) is 0 Å². The Morgan fingerprint density at radius 1 is 1.38 bits per heavy atom. The van der Waals surface area contributed by atoms with E-state index in [1.165, 1.54) is 12.8 Å². The molecule has 0 aromatic heterocycles. The van der Waals surface area contributed by atoms with Crippen LogP contribution in [0.15, 0.2) is 0 Å². The molecule has 0 bridgehead atoms. The molecular weight excluding hydrogens is 168 g/mol. The number of hydrogen-bond donors (Lipinski definition) is 1. The van der Waals surface area contributed by atoms with E-state index in [0.717, 1.165) is 38.4 Å². The number of likely N-dealkylation sites (tertiary alicyclic amines) is 1. The van der Waals surface area contributed by atoms with Crippen LogP contribution in [-0.2, 0) is 4.84 Å². The quantitative estimate of drug-likeness (QED) is 0.668. The summed E-state index contributed by atoms with van der Waals surface area (Å²) in [6.45, 7) is 2.52. The Bertz CT molecular complexity index is 186. The largest absolute Gasteiger partial charge is 0.428 e. The standard InChI is InChI=1S/C9H16N2O2/c12-9(11-5-1-2-6-11)13-10-7-8-3-4-8/h8,10H,1-7H2. The van der Waals surface area contributed by atoms with Gasteiger partial charge in [0, 0.05) is 19.6 Å². The van der Waals surface area contributed by atoms with E-state index in [1.807, 2.05) is 0 Å². The summed E-state index contributed by atoms with van der Waals surface area (Å²) in [5.41, 5.74) is 2.73. The molecule has 1 amide bonds. The Hall–Kier alpha value is -0.770. The molecule has 1 N–H and O–H groups in total. The summed E-state index contributed by atoms with van der Waals surface area (Å²) in [6.07, 6.45) is 4.55. The Balaban J connectivity index is 1.59. The average Bonchev–Trinajstić information content (AvgIpc) is 2.80. The lowest BCUT2D eigenvalue weighted by Crippen LogP contribution is -2.33. The number of nitrogens with one attached hydrogen (secondary N) is 1. The summed E-state index contributed by atoms with van der Waals surface area (Å²) in [5, 5.41) is 0. The maximum atomic E-state index is 11.3. The minimum Gasteiger partial charge on any atom is -0.354 e. The predicted molar refractivity (Wildman–Crippen MR) is 48.0 cm³/mol. The highest BCUT2D eigenvalue weighted by Gasteiger charge is 2.23. The van der Waals surface area contributed by atoms with Crippen LogP contribution in [0.5, 0.6) is 0 Å². The van der Waals surface area contributed by atoms with Crippen LogP contribution in [-0.4, -0.2) is 30.6 Å². The maximum Gasteiger partial charge on any atom is 0.428 e. The molecule has 4 heteroatoms. The first-order valence-corrected chi connectivity index (χ1v) is 5.05. The van der Waals surface area contributed by atoms with Crippen LogP contribution >= 0.6 is 0 Å². The van der Waals surface area contributed by atoms with Gasteiger partial charge in [-0.1, -0.05) is 0 Å². The maximum absolute atomic E-state index is 11.3. The fourth-order valence-corrected chi connectivity index (χ4v) is 1.51. The van der Waals surface area contributed by atoms with Crippen LogP contribution in [0, 0.1) is 5.92 Å². The summed E-state index contributed by atoms with van der Waals surface area (Å²) >= 11 is 0. The second-order valence-corrected chi connectivity index (χ2v) is 3.85. The lowest BCUT2D eigenvalue weighted by molar-refractivity contribution is 0.0593. The average molecular weight is 184 g/mol. The highest BCUT2D eigenvalue weighted by molar-refractivity contribution is 5.67. The third kappa shape index (κ3) is 2.59. The fraction of sp³-hybridized carbons (Fsp3) is 0.889. The first kappa shape index (κ1) is 8.81. The molecule has 1 aliphatic heterocycles. The smallest absolute Gasteiger partial charge is 0.354 e. The Morgan fingerprint density at radius 3 is 2.69 bits per heavy atom. The summed E-state index contributed by atoms with van der Waals surface area (Å²) in [7, 11) is 0. The van der Waals surface area contributed by atoms with Crippen molar-refractivity contribution in [1.29, 1.82) is 0 Å². The summed E-state index contributed by atoms with van der Waals surface area (Å²) in [5.74, 6) is 0.742. The number of carbonyl (C=O) groups is 1. The molecule has 1 heterocycles. The van der Waals surface area contributed by atoms with E-state index < -0.39 is 0 Å². The third-order valence-corrected chi connectivity index (χ3v) is 2.59. The van der Waals surface area contributed by atoms with Gasteiger partial charge in [0.1, 0.15) is 0 Å². The predicted octanol–water partition coefficient (Wildman–Crippen LogP) is 1.13. The molecule has 2 fully saturated rings. The van der Waals surface area contributed by atoms with Gasteiger partial charge in [-0.25, -0.2) is 4.79 Å². The number of rotatable bonds is 3. The summed E-state index contributed by atoms with van der Waals surface area (Å²) < 4.78 is 0. The molecule has 0 atom stereocenters. The van der Waals surface area contributed by atoms with Gasteiger partial charge in [0.15, 0.2) is 0 Å². The summed E-state index contributed by atoms with van der Waals surface area (Å²) in [4.78, 5) is 18.0. The Labute approximate surface area is 78.2 Å². The van der Waals surface area contributed by atoms with Crippen LogP contribution in [0.25, 0.3) is 0 Å². The Kier molecular flexibility index (Phi) is 2.68. The highest BCUT2D eigenvalue weighted by Crippen LogP contribution is 2.27. The SMILES string of the molecule is O=C(ONCC1CC1)N1CCCC1. The molecule has 1 saturated heterocycles. The normalized spacial score (nSPS) is 22.0. The molecule has 4 nitrogen and oxygen atoms in total. The molecule has 2 aliphatic rings. The molecule has 0 aromatic rings. The van der Waals surface area contributed by atoms with Gasteiger partial charge in [0.2, 0.25) is 0 Å². The Morgan fingerprint density at radius 2 is 2.08 bits per heavy atom. The van der Waals surface area contributed by atoms with Crippen LogP contribution in [0.4, 0.5) is 4.79 Å². The van der Waals surface area contributed by atoms with E-state index in [2.05, 4.69) is 5.48 Å². The zero-order valence-electron chi connectivity index (χ0n) is 7.79. The van der Waals surface area contributed by atoms with Crippen molar-refractivity contribution < 1.29 is 9.63 Å². The molecule has 0 spiro atoms. The van der Waals surface area contributed by atoms with Gasteiger partial charge >= 0.3 is 6.09 Å². The first-order valence-electron chi connectivity index (χ1n) is 5.05. The number of hydrogen-bond acceptors (Lipinski definition) is 3. The van der Waals surface area contributed by atoms with Crippen LogP contribution in [0.1, 0.15) is 25.7 Å². The number of nitrogens with zero attached hydrogens (tertiary/aromatic N) is 1. The molecular formula is C9H16N2O2. The second-order valence-electron chi connectivity index (χ2n) is 3.85. The van der Waals surface area contributed by atoms with Gasteiger partial charge in [-0.2, -0.15) is 5.48 Å². The third-order valence-electron chi connectivity index (χ3n) is 2.59. The monoisotopic (exact) mass is 184 g/mol. The highest BCUT2D eigenvalue weighted by atomic mass is 16.7. The molecule has 0 aromatic carbocycles. The molecule has 2 rings (SSSR count). The van der Waals surface area contributed by atoms with E-state index >= 15 is 0 Å². The first-order chi connectivity index (χ1) is 6.36. The van der Waals surface area contributed by atoms with Gasteiger partial charge in [-0.3, -0.25) is 0 Å². The van der Waals surface area contributed by atoms with Gasteiger partial charge < -0.3 is 9.74 Å². The molecule has 1 aliphatic carbocycles. The number of hydroxylamine groups is 1. The van der Waals surface area contributed by atoms with Crippen molar-refractivity contribution >= 4 is 6.09 Å². The van der Waals surface area contributed by atoms with Crippen molar-refractivity contribution in [2.75, 3.05) is 19.6 Å². The molecule has 0 unspecified atom stereocenters. The van der Waals surface area contributed by atoms with Crippen LogP contribution < -0.4 is 5.48 Å². The molecule has 13 heavy (non-hydrogen) atoms. The summed E-state index contributed by atoms with van der Waals surface area (Å²) in [6, 6.07) is 0. The van der Waals surface area contributed by atoms with Crippen molar-refractivity contribution in [2.45, 2.75) is 25.7 Å². The number of carbonyl (C=O) groups excluding carboxylic acids is 1. The van der Waals surface area contributed by atoms with Crippen LogP contribution in [0.2, 0.25) is 0 Å². The number of amides is 1. The molecule has 1 saturated carbocycles. The zero-order chi connectivity index (χ0) is 9.10. The van der Waals surface area contributed by atoms with Crippen molar-refractivity contribution in [1.82, 2.24) is 10.4 Å². The van der Waals surface area contributed by atoms with Crippen molar-refractivity contribution in [2.24, 2.45) is 5.92 Å². The van der Waals surface area contributed by atoms with E-state index in [4.69, 9.17) is 4.84 Å².